The Bertz CT molecular complexity index is 2320. The number of hydrogen-bond donors (Lipinski definition) is 5. The van der Waals surface area contributed by atoms with Crippen LogP contribution in [-0.4, -0.2) is 79.4 Å². The van der Waals surface area contributed by atoms with Gasteiger partial charge in [0.15, 0.2) is 0 Å². The molecule has 0 spiro atoms. The molecule has 5 N–H and O–H groups in total. The van der Waals surface area contributed by atoms with Crippen molar-refractivity contribution in [1.82, 2.24) is 20.1 Å². The molecule has 4 amide bonds. The van der Waals surface area contributed by atoms with Crippen LogP contribution >= 0.6 is 7.60 Å². The number of hydrogen-bond acceptors (Lipinski definition) is 5. The summed E-state index contributed by atoms with van der Waals surface area (Å²) in [4.78, 5) is 80.5. The Morgan fingerprint density at radius 1 is 0.875 bits per heavy atom. The van der Waals surface area contributed by atoms with Crippen LogP contribution in [0.5, 0.6) is 0 Å². The molecule has 0 saturated carbocycles. The lowest BCUT2D eigenvalue weighted by molar-refractivity contribution is -0.144. The molecule has 15 heteroatoms. The van der Waals surface area contributed by atoms with Gasteiger partial charge in [-0.2, -0.15) is 8.78 Å². The van der Waals surface area contributed by atoms with E-state index in [0.717, 1.165) is 28.8 Å². The SMILES string of the molecule is C[C@@H](C(=O)N1CC[C@H]2CC[C@@H](C(=O)Nc3ccc(-c4ccccc4)cc3)N2C(=O)[C@@H](NC(=O)c2cc3cc(C(F)(F)P(=O)(O)O)ccc3[nH]2)C1)c1ccccc1. The molecule has 4 aromatic carbocycles. The molecule has 2 aliphatic heterocycles. The zero-order chi connectivity index (χ0) is 39.8. The molecule has 4 atom stereocenters. The van der Waals surface area contributed by atoms with Crippen LogP contribution in [0.1, 0.15) is 53.7 Å². The fourth-order valence-corrected chi connectivity index (χ4v) is 8.02. The second kappa shape index (κ2) is 15.4. The number of aromatic amines is 1. The van der Waals surface area contributed by atoms with E-state index in [2.05, 4.69) is 15.6 Å². The number of carbonyl (C=O) groups is 4. The van der Waals surface area contributed by atoms with Crippen LogP contribution < -0.4 is 10.6 Å². The molecule has 3 heterocycles. The van der Waals surface area contributed by atoms with Crippen molar-refractivity contribution in [3.8, 4) is 11.1 Å². The number of anilines is 1. The number of rotatable bonds is 9. The van der Waals surface area contributed by atoms with Gasteiger partial charge in [-0.15, -0.1) is 0 Å². The first-order chi connectivity index (χ1) is 26.7. The molecule has 2 saturated heterocycles. The van der Waals surface area contributed by atoms with E-state index in [0.29, 0.717) is 24.9 Å². The van der Waals surface area contributed by atoms with Gasteiger partial charge in [-0.3, -0.25) is 23.7 Å². The summed E-state index contributed by atoms with van der Waals surface area (Å²) in [5.74, 6) is -2.52. The number of alkyl halides is 2. The van der Waals surface area contributed by atoms with E-state index in [9.17, 15) is 42.3 Å². The average molecular weight is 784 g/mol. The third-order valence-corrected chi connectivity index (χ3v) is 11.6. The van der Waals surface area contributed by atoms with Crippen molar-refractivity contribution >= 4 is 47.8 Å². The molecule has 0 bridgehead atoms. The molecule has 2 aliphatic rings. The number of aromatic nitrogens is 1. The molecule has 0 unspecified atom stereocenters. The number of nitrogens with one attached hydrogen (secondary N) is 3. The predicted octanol–water partition coefficient (Wildman–Crippen LogP) is 6.19. The third-order valence-electron chi connectivity index (χ3n) is 10.6. The Morgan fingerprint density at radius 2 is 1.54 bits per heavy atom. The summed E-state index contributed by atoms with van der Waals surface area (Å²) in [6.45, 7) is 1.84. The minimum Gasteiger partial charge on any atom is -0.351 e. The van der Waals surface area contributed by atoms with Gasteiger partial charge >= 0.3 is 13.3 Å². The van der Waals surface area contributed by atoms with Gasteiger partial charge < -0.3 is 35.2 Å². The lowest BCUT2D eigenvalue weighted by Gasteiger charge is -2.39. The standard InChI is InChI=1S/C41H40F2N5O7P/c1-25(26-8-4-2-5-9-26)39(51)47-21-20-32-17-19-36(38(50)44-31-15-12-28(13-16-31)27-10-6-3-7-11-27)48(32)40(52)35(24-47)46-37(49)34-23-29-22-30(14-18-33(29)45-34)41(42,43)56(53,54)55/h2-16,18,22-23,25,32,35-36,45H,17,19-21,24H2,1H3,(H,44,50)(H,46,49)(H2,53,54,55)/t25-,32-,35+,36+/m1/s1. The summed E-state index contributed by atoms with van der Waals surface area (Å²) < 4.78 is 40.5. The van der Waals surface area contributed by atoms with Crippen LogP contribution in [0.25, 0.3) is 22.0 Å². The number of amides is 4. The van der Waals surface area contributed by atoms with Crippen molar-refractivity contribution in [2.75, 3.05) is 18.4 Å². The van der Waals surface area contributed by atoms with E-state index in [1.165, 1.54) is 17.0 Å². The van der Waals surface area contributed by atoms with Crippen LogP contribution in [0.15, 0.2) is 109 Å². The maximum Gasteiger partial charge on any atom is 0.399 e. The molecule has 0 radical (unpaired) electrons. The highest BCUT2D eigenvalue weighted by molar-refractivity contribution is 7.52. The van der Waals surface area contributed by atoms with Gasteiger partial charge in [0, 0.05) is 41.3 Å². The molecule has 7 rings (SSSR count). The highest BCUT2D eigenvalue weighted by atomic mass is 31.2. The number of benzene rings is 4. The van der Waals surface area contributed by atoms with E-state index in [1.807, 2.05) is 72.8 Å². The molecule has 56 heavy (non-hydrogen) atoms. The molecule has 12 nitrogen and oxygen atoms in total. The molecule has 0 aliphatic carbocycles. The van der Waals surface area contributed by atoms with Crippen LogP contribution in [-0.2, 0) is 24.6 Å². The number of fused-ring (bicyclic) bond motifs is 2. The smallest absolute Gasteiger partial charge is 0.351 e. The summed E-state index contributed by atoms with van der Waals surface area (Å²) >= 11 is 0. The van der Waals surface area contributed by atoms with Gasteiger partial charge in [0.05, 0.1) is 5.92 Å². The Morgan fingerprint density at radius 3 is 2.21 bits per heavy atom. The predicted molar refractivity (Wildman–Crippen MR) is 206 cm³/mol. The summed E-state index contributed by atoms with van der Waals surface area (Å²) in [5, 5.41) is 5.75. The van der Waals surface area contributed by atoms with Crippen molar-refractivity contribution in [2.24, 2.45) is 0 Å². The zero-order valence-corrected chi connectivity index (χ0v) is 31.2. The van der Waals surface area contributed by atoms with Crippen molar-refractivity contribution in [2.45, 2.75) is 55.9 Å². The second-order valence-electron chi connectivity index (χ2n) is 14.2. The quantitative estimate of drug-likeness (QED) is 0.111. The van der Waals surface area contributed by atoms with Crippen molar-refractivity contribution in [3.05, 3.63) is 126 Å². The number of nitrogens with zero attached hydrogens (tertiary/aromatic N) is 2. The number of halogens is 2. The number of H-pyrrole nitrogens is 1. The van der Waals surface area contributed by atoms with E-state index >= 15 is 0 Å². The first-order valence-electron chi connectivity index (χ1n) is 18.2. The average Bonchev–Trinajstić information content (AvgIpc) is 3.82. The van der Waals surface area contributed by atoms with E-state index < -0.39 is 54.7 Å². The van der Waals surface area contributed by atoms with Gasteiger partial charge in [0.25, 0.3) is 5.91 Å². The molecule has 2 fully saturated rings. The van der Waals surface area contributed by atoms with Crippen LogP contribution in [0.3, 0.4) is 0 Å². The summed E-state index contributed by atoms with van der Waals surface area (Å²) in [6.07, 6.45) is 1.28. The van der Waals surface area contributed by atoms with E-state index in [1.54, 1.807) is 24.0 Å². The van der Waals surface area contributed by atoms with Gasteiger partial charge in [0.2, 0.25) is 17.7 Å². The van der Waals surface area contributed by atoms with Gasteiger partial charge in [0.1, 0.15) is 17.8 Å². The van der Waals surface area contributed by atoms with Crippen molar-refractivity contribution < 1.29 is 42.3 Å². The molecule has 5 aromatic rings. The lowest BCUT2D eigenvalue weighted by atomic mass is 9.98. The Hall–Kier alpha value is -5.69. The molecular weight excluding hydrogens is 743 g/mol. The van der Waals surface area contributed by atoms with Crippen LogP contribution in [0.4, 0.5) is 14.5 Å². The first-order valence-corrected chi connectivity index (χ1v) is 19.8. The molecule has 290 valence electrons. The Labute approximate surface area is 321 Å². The lowest BCUT2D eigenvalue weighted by Crippen LogP contribution is -2.61. The van der Waals surface area contributed by atoms with Gasteiger partial charge in [-0.05, 0) is 73.2 Å². The topological polar surface area (TPSA) is 172 Å². The normalized spacial score (nSPS) is 19.5. The Kier molecular flexibility index (Phi) is 10.6. The van der Waals surface area contributed by atoms with Gasteiger partial charge in [-0.25, -0.2) is 0 Å². The fourth-order valence-electron chi connectivity index (χ4n) is 7.55. The maximum absolute atomic E-state index is 14.6. The number of carbonyl (C=O) groups excluding carboxylic acids is 4. The summed E-state index contributed by atoms with van der Waals surface area (Å²) in [7, 11) is -5.84. The highest BCUT2D eigenvalue weighted by Crippen LogP contribution is 2.59. The summed E-state index contributed by atoms with van der Waals surface area (Å²) in [6, 6.07) is 27.9. The molecular formula is C41H40F2N5O7P. The largest absolute Gasteiger partial charge is 0.399 e. The van der Waals surface area contributed by atoms with Crippen LogP contribution in [0.2, 0.25) is 0 Å². The minimum absolute atomic E-state index is 0.0754. The summed E-state index contributed by atoms with van der Waals surface area (Å²) in [5.41, 5.74) is -1.96. The second-order valence-corrected chi connectivity index (χ2v) is 15.9. The van der Waals surface area contributed by atoms with Crippen LogP contribution in [0, 0.1) is 0 Å². The monoisotopic (exact) mass is 783 g/mol. The van der Waals surface area contributed by atoms with E-state index in [4.69, 9.17) is 0 Å². The first kappa shape index (κ1) is 38.6. The molecule has 1 aromatic heterocycles. The van der Waals surface area contributed by atoms with E-state index in [-0.39, 0.29) is 41.5 Å². The van der Waals surface area contributed by atoms with Crippen molar-refractivity contribution in [3.63, 3.8) is 0 Å². The fraction of sp³-hybridized carbons (Fsp3) is 0.268. The highest BCUT2D eigenvalue weighted by Gasteiger charge is 2.50. The zero-order valence-electron chi connectivity index (χ0n) is 30.3. The maximum atomic E-state index is 14.6. The van der Waals surface area contributed by atoms with Crippen molar-refractivity contribution in [1.29, 1.82) is 0 Å². The Balaban J connectivity index is 1.15. The van der Waals surface area contributed by atoms with Gasteiger partial charge in [-0.1, -0.05) is 78.9 Å². The third kappa shape index (κ3) is 7.73. The minimum atomic E-state index is -5.84.